The van der Waals surface area contributed by atoms with Gasteiger partial charge in [0.2, 0.25) is 0 Å². The van der Waals surface area contributed by atoms with Gasteiger partial charge in [-0.25, -0.2) is 0 Å². The molecule has 2 aliphatic rings. The van der Waals surface area contributed by atoms with Gasteiger partial charge in [0, 0.05) is 44.8 Å². The Morgan fingerprint density at radius 3 is 2.39 bits per heavy atom. The van der Waals surface area contributed by atoms with Crippen molar-refractivity contribution in [3.05, 3.63) is 55.7 Å². The molecule has 0 bridgehead atoms. The Bertz CT molecular complexity index is 1450. The Hall–Kier alpha value is -3.33. The van der Waals surface area contributed by atoms with Crippen molar-refractivity contribution in [3.63, 3.8) is 0 Å². The highest BCUT2D eigenvalue weighted by Crippen LogP contribution is 2.36. The van der Waals surface area contributed by atoms with Crippen LogP contribution >= 0.6 is 24.0 Å². The lowest BCUT2D eigenvalue weighted by molar-refractivity contribution is -0.122. The van der Waals surface area contributed by atoms with Crippen molar-refractivity contribution >= 4 is 46.1 Å². The minimum absolute atomic E-state index is 0.115. The summed E-state index contributed by atoms with van der Waals surface area (Å²) in [6.07, 6.45) is 3.17. The zero-order valence-corrected chi connectivity index (χ0v) is 26.0. The number of nitrogens with zero attached hydrogens (tertiary/aromatic N) is 5. The van der Waals surface area contributed by atoms with Crippen molar-refractivity contribution in [2.24, 2.45) is 0 Å². The molecule has 4 rings (SSSR count). The standard InChI is InChI=1S/C30H37N5O4S2/c1-6-11-34-27(33-15-13-32(7-2)14-16-33)22(20(3)23(19-31)28(34)36)18-26-29(37)35(30(40)41-26)12-10-21-8-9-24(38-4)25(17-21)39-5/h8-9,17-18H,6-7,10-16H2,1-5H3/b26-18-. The van der Waals surface area contributed by atoms with Gasteiger partial charge in [-0.05, 0) is 55.6 Å². The molecule has 0 atom stereocenters. The molecule has 1 amide bonds. The molecule has 2 aromatic rings. The predicted octanol–water partition coefficient (Wildman–Crippen LogP) is 4.04. The zero-order valence-electron chi connectivity index (χ0n) is 24.4. The van der Waals surface area contributed by atoms with Gasteiger partial charge in [0.15, 0.2) is 11.5 Å². The molecule has 3 heterocycles. The van der Waals surface area contributed by atoms with Gasteiger partial charge in [0.05, 0.1) is 19.1 Å². The number of hydrogen-bond donors (Lipinski definition) is 0. The molecule has 2 aliphatic heterocycles. The maximum atomic E-state index is 13.6. The number of thioether (sulfide) groups is 1. The van der Waals surface area contributed by atoms with Gasteiger partial charge < -0.3 is 19.3 Å². The van der Waals surface area contributed by atoms with Crippen molar-refractivity contribution in [2.75, 3.05) is 58.4 Å². The number of benzene rings is 1. The summed E-state index contributed by atoms with van der Waals surface area (Å²) in [6.45, 7) is 11.1. The number of anilines is 1. The molecule has 0 spiro atoms. The summed E-state index contributed by atoms with van der Waals surface area (Å²) in [5.41, 5.74) is 2.16. The number of pyridine rings is 1. The van der Waals surface area contributed by atoms with Crippen LogP contribution in [0.4, 0.5) is 5.82 Å². The summed E-state index contributed by atoms with van der Waals surface area (Å²) in [6, 6.07) is 7.82. The molecule has 2 fully saturated rings. The molecule has 0 unspecified atom stereocenters. The topological polar surface area (TPSA) is 91.0 Å². The number of aromatic nitrogens is 1. The molecular formula is C30H37N5O4S2. The summed E-state index contributed by atoms with van der Waals surface area (Å²) >= 11 is 6.89. The SMILES string of the molecule is CCCn1c(N2CCN(CC)CC2)c(/C=C2\SC(=S)N(CCc3ccc(OC)c(OC)c3)C2=O)c(C)c(C#N)c1=O. The molecule has 41 heavy (non-hydrogen) atoms. The average molecular weight is 596 g/mol. The number of ether oxygens (including phenoxy) is 2. The monoisotopic (exact) mass is 595 g/mol. The second kappa shape index (κ2) is 13.6. The lowest BCUT2D eigenvalue weighted by Gasteiger charge is -2.37. The lowest BCUT2D eigenvalue weighted by Crippen LogP contribution is -2.48. The number of methoxy groups -OCH3 is 2. The minimum Gasteiger partial charge on any atom is -0.493 e. The van der Waals surface area contributed by atoms with Crippen LogP contribution in [0.5, 0.6) is 11.5 Å². The van der Waals surface area contributed by atoms with E-state index in [9.17, 15) is 14.9 Å². The van der Waals surface area contributed by atoms with Gasteiger partial charge in [-0.2, -0.15) is 5.26 Å². The van der Waals surface area contributed by atoms with Gasteiger partial charge in [-0.1, -0.05) is 43.9 Å². The van der Waals surface area contributed by atoms with E-state index in [4.69, 9.17) is 21.7 Å². The highest BCUT2D eigenvalue weighted by molar-refractivity contribution is 8.26. The first kappa shape index (κ1) is 30.6. The van der Waals surface area contributed by atoms with Crippen molar-refractivity contribution in [2.45, 2.75) is 40.2 Å². The summed E-state index contributed by atoms with van der Waals surface area (Å²) in [5, 5.41) is 9.91. The first-order chi connectivity index (χ1) is 19.8. The Balaban J connectivity index is 1.69. The number of rotatable bonds is 10. The first-order valence-electron chi connectivity index (χ1n) is 13.9. The normalized spacial score (nSPS) is 16.9. The summed E-state index contributed by atoms with van der Waals surface area (Å²) in [4.78, 5) is 33.8. The molecular weight excluding hydrogens is 558 g/mol. The fourth-order valence-corrected chi connectivity index (χ4v) is 6.58. The fourth-order valence-electron chi connectivity index (χ4n) is 5.29. The average Bonchev–Trinajstić information content (AvgIpc) is 3.25. The van der Waals surface area contributed by atoms with Crippen LogP contribution in [-0.2, 0) is 17.8 Å². The van der Waals surface area contributed by atoms with E-state index >= 15 is 0 Å². The quantitative estimate of drug-likeness (QED) is 0.298. The number of piperazine rings is 1. The van der Waals surface area contributed by atoms with E-state index in [1.54, 1.807) is 30.6 Å². The third kappa shape index (κ3) is 6.30. The highest BCUT2D eigenvalue weighted by Gasteiger charge is 2.33. The second-order valence-corrected chi connectivity index (χ2v) is 11.7. The number of carbonyl (C=O) groups is 1. The van der Waals surface area contributed by atoms with Gasteiger partial charge in [-0.15, -0.1) is 0 Å². The zero-order chi connectivity index (χ0) is 29.7. The molecule has 1 aromatic heterocycles. The Labute approximate surface area is 251 Å². The fraction of sp³-hybridized carbons (Fsp3) is 0.467. The van der Waals surface area contributed by atoms with E-state index in [1.165, 1.54) is 11.8 Å². The molecule has 9 nitrogen and oxygen atoms in total. The number of nitriles is 1. The number of amides is 1. The van der Waals surface area contributed by atoms with Crippen LogP contribution in [0.15, 0.2) is 27.9 Å². The van der Waals surface area contributed by atoms with Crippen LogP contribution in [0.3, 0.4) is 0 Å². The summed E-state index contributed by atoms with van der Waals surface area (Å²) in [5.74, 6) is 1.88. The van der Waals surface area contributed by atoms with Gasteiger partial charge >= 0.3 is 0 Å². The van der Waals surface area contributed by atoms with Crippen LogP contribution in [0.2, 0.25) is 0 Å². The molecule has 0 radical (unpaired) electrons. The summed E-state index contributed by atoms with van der Waals surface area (Å²) in [7, 11) is 3.19. The molecule has 1 aromatic carbocycles. The Morgan fingerprint density at radius 1 is 1.07 bits per heavy atom. The third-order valence-corrected chi connectivity index (χ3v) is 9.01. The van der Waals surface area contributed by atoms with E-state index in [-0.39, 0.29) is 17.0 Å². The Morgan fingerprint density at radius 2 is 1.78 bits per heavy atom. The van der Waals surface area contributed by atoms with Crippen LogP contribution in [0, 0.1) is 18.3 Å². The van der Waals surface area contributed by atoms with Gasteiger partial charge in [0.1, 0.15) is 21.8 Å². The van der Waals surface area contributed by atoms with E-state index in [2.05, 4.69) is 22.8 Å². The first-order valence-corrected chi connectivity index (χ1v) is 15.1. The van der Waals surface area contributed by atoms with Crippen molar-refractivity contribution < 1.29 is 14.3 Å². The van der Waals surface area contributed by atoms with Gasteiger partial charge in [-0.3, -0.25) is 19.1 Å². The number of thiocarbonyl (C=S) groups is 1. The Kier molecular flexibility index (Phi) is 10.1. The van der Waals surface area contributed by atoms with E-state index in [0.29, 0.717) is 45.8 Å². The largest absolute Gasteiger partial charge is 0.493 e. The number of likely N-dealkylation sites (N-methyl/N-ethyl adjacent to an activating group) is 1. The van der Waals surface area contributed by atoms with Crippen LogP contribution < -0.4 is 19.9 Å². The van der Waals surface area contributed by atoms with Crippen LogP contribution in [-0.4, -0.2) is 78.1 Å². The molecule has 0 aliphatic carbocycles. The summed E-state index contributed by atoms with van der Waals surface area (Å²) < 4.78 is 12.9. The smallest absolute Gasteiger partial charge is 0.270 e. The maximum absolute atomic E-state index is 13.6. The molecule has 11 heteroatoms. The van der Waals surface area contributed by atoms with Gasteiger partial charge in [0.25, 0.3) is 11.5 Å². The van der Waals surface area contributed by atoms with E-state index < -0.39 is 0 Å². The predicted molar refractivity (Wildman–Crippen MR) is 168 cm³/mol. The maximum Gasteiger partial charge on any atom is 0.270 e. The van der Waals surface area contributed by atoms with Crippen molar-refractivity contribution in [3.8, 4) is 17.6 Å². The van der Waals surface area contributed by atoms with Crippen LogP contribution in [0.25, 0.3) is 6.08 Å². The number of carbonyl (C=O) groups excluding carboxylic acids is 1. The van der Waals surface area contributed by atoms with Crippen LogP contribution in [0.1, 0.15) is 42.5 Å². The minimum atomic E-state index is -0.278. The third-order valence-electron chi connectivity index (χ3n) is 7.63. The molecule has 2 saturated heterocycles. The van der Waals surface area contributed by atoms with E-state index in [1.807, 2.05) is 31.2 Å². The molecule has 218 valence electrons. The van der Waals surface area contributed by atoms with Crippen molar-refractivity contribution in [1.82, 2.24) is 14.4 Å². The van der Waals surface area contributed by atoms with E-state index in [0.717, 1.165) is 56.1 Å². The molecule has 0 N–H and O–H groups in total. The lowest BCUT2D eigenvalue weighted by atomic mass is 10.0. The highest BCUT2D eigenvalue weighted by atomic mass is 32.2. The second-order valence-electron chi connectivity index (χ2n) is 10.00. The van der Waals surface area contributed by atoms with Crippen molar-refractivity contribution in [1.29, 1.82) is 5.26 Å². The number of hydrogen-bond acceptors (Lipinski definition) is 9. The molecule has 0 saturated carbocycles.